The number of fused-ring (bicyclic) bond motifs is 3. The van der Waals surface area contributed by atoms with Crippen LogP contribution in [0.2, 0.25) is 0 Å². The van der Waals surface area contributed by atoms with Crippen molar-refractivity contribution >= 4 is 34.1 Å². The molecule has 0 aliphatic carbocycles. The molecule has 1 atom stereocenters. The number of benzene rings is 1. The van der Waals surface area contributed by atoms with Gasteiger partial charge >= 0.3 is 0 Å². The molecule has 0 saturated carbocycles. The highest BCUT2D eigenvalue weighted by molar-refractivity contribution is 7.17. The second kappa shape index (κ2) is 7.81. The van der Waals surface area contributed by atoms with Crippen LogP contribution in [0, 0.1) is 5.82 Å². The van der Waals surface area contributed by atoms with E-state index in [0.717, 1.165) is 10.4 Å². The molecule has 0 spiro atoms. The Hall–Kier alpha value is -2.78. The van der Waals surface area contributed by atoms with Crippen LogP contribution in [0.15, 0.2) is 24.3 Å². The maximum atomic E-state index is 14.0. The summed E-state index contributed by atoms with van der Waals surface area (Å²) in [5.74, 6) is -1.56. The van der Waals surface area contributed by atoms with E-state index in [-0.39, 0.29) is 30.5 Å². The minimum atomic E-state index is -1.59. The van der Waals surface area contributed by atoms with Crippen LogP contribution in [-0.2, 0) is 22.6 Å². The lowest BCUT2D eigenvalue weighted by Gasteiger charge is -2.29. The summed E-state index contributed by atoms with van der Waals surface area (Å²) < 4.78 is 14.0. The predicted octanol–water partition coefficient (Wildman–Crippen LogP) is 1.94. The normalized spacial score (nSPS) is 17.5. The average molecular weight is 431 g/mol. The number of hydrogen-bond acceptors (Lipinski definition) is 5. The maximum absolute atomic E-state index is 14.0. The molecule has 1 N–H and O–H groups in total. The first-order valence-corrected chi connectivity index (χ1v) is 10.6. The van der Waals surface area contributed by atoms with Gasteiger partial charge in [-0.1, -0.05) is 18.2 Å². The summed E-state index contributed by atoms with van der Waals surface area (Å²) in [4.78, 5) is 43.6. The van der Waals surface area contributed by atoms with Gasteiger partial charge < -0.3 is 19.8 Å². The number of anilines is 1. The van der Waals surface area contributed by atoms with Gasteiger partial charge in [0.15, 0.2) is 6.10 Å². The highest BCUT2D eigenvalue weighted by Gasteiger charge is 2.37. The Morgan fingerprint density at radius 1 is 1.27 bits per heavy atom. The highest BCUT2D eigenvalue weighted by Crippen LogP contribution is 2.41. The summed E-state index contributed by atoms with van der Waals surface area (Å²) in [5.41, 5.74) is 1.33. The van der Waals surface area contributed by atoms with Gasteiger partial charge in [-0.25, -0.2) is 4.39 Å². The molecule has 9 heteroatoms. The minimum Gasteiger partial charge on any atom is -0.378 e. The van der Waals surface area contributed by atoms with E-state index >= 15 is 0 Å². The molecular formula is C21H22FN3O4S. The van der Waals surface area contributed by atoms with Crippen molar-refractivity contribution in [1.29, 1.82) is 0 Å². The number of thiophene rings is 1. The standard InChI is InChI=1S/C21H22FN3O4S/c1-3-25-16(26)11-23(2)19(28)17-13-8-9-24(10-15(13)30-21(17)25)20(29)18(27)12-6-4-5-7-14(12)22/h4-7,18,27H,3,8-11H2,1-2H3. The van der Waals surface area contributed by atoms with Crippen LogP contribution in [-0.4, -0.2) is 59.3 Å². The molecule has 1 aromatic heterocycles. The Bertz CT molecular complexity index is 1040. The number of halogens is 1. The quantitative estimate of drug-likeness (QED) is 0.806. The zero-order valence-corrected chi connectivity index (χ0v) is 17.5. The van der Waals surface area contributed by atoms with Gasteiger partial charge in [0, 0.05) is 30.6 Å². The third-order valence-corrected chi connectivity index (χ3v) is 6.82. The van der Waals surface area contributed by atoms with Gasteiger partial charge in [-0.15, -0.1) is 11.3 Å². The SMILES string of the molecule is CCN1C(=O)CN(C)C(=O)c2c1sc1c2CCN(C(=O)C(O)c2ccccc2F)C1. The zero-order chi connectivity index (χ0) is 21.6. The van der Waals surface area contributed by atoms with Gasteiger partial charge in [0.25, 0.3) is 11.8 Å². The van der Waals surface area contributed by atoms with Crippen LogP contribution in [0.25, 0.3) is 0 Å². The molecule has 4 rings (SSSR count). The van der Waals surface area contributed by atoms with Gasteiger partial charge in [0.1, 0.15) is 17.4 Å². The topological polar surface area (TPSA) is 81.2 Å². The van der Waals surface area contributed by atoms with Crippen LogP contribution < -0.4 is 4.90 Å². The molecule has 7 nitrogen and oxygen atoms in total. The molecule has 0 bridgehead atoms. The number of nitrogens with zero attached hydrogens (tertiary/aromatic N) is 3. The molecule has 0 saturated heterocycles. The van der Waals surface area contributed by atoms with Gasteiger partial charge in [-0.2, -0.15) is 0 Å². The third-order valence-electron chi connectivity index (χ3n) is 5.58. The summed E-state index contributed by atoms with van der Waals surface area (Å²) in [6.07, 6.45) is -1.16. The lowest BCUT2D eigenvalue weighted by Crippen LogP contribution is -2.39. The van der Waals surface area contributed by atoms with Crippen molar-refractivity contribution in [2.45, 2.75) is 26.0 Å². The second-order valence-corrected chi connectivity index (χ2v) is 8.50. The number of rotatable bonds is 3. The Morgan fingerprint density at radius 2 is 2.00 bits per heavy atom. The van der Waals surface area contributed by atoms with Gasteiger partial charge in [-0.05, 0) is 25.0 Å². The van der Waals surface area contributed by atoms with Crippen LogP contribution >= 0.6 is 11.3 Å². The smallest absolute Gasteiger partial charge is 0.257 e. The summed E-state index contributed by atoms with van der Waals surface area (Å²) in [6, 6.07) is 5.66. The highest BCUT2D eigenvalue weighted by atomic mass is 32.1. The van der Waals surface area contributed by atoms with E-state index < -0.39 is 17.8 Å². The van der Waals surface area contributed by atoms with Crippen molar-refractivity contribution in [3.05, 3.63) is 51.7 Å². The first-order chi connectivity index (χ1) is 14.3. The largest absolute Gasteiger partial charge is 0.378 e. The zero-order valence-electron chi connectivity index (χ0n) is 16.7. The second-order valence-electron chi connectivity index (χ2n) is 7.42. The fourth-order valence-corrected chi connectivity index (χ4v) is 5.41. The molecule has 2 aliphatic heterocycles. The number of aliphatic hydroxyl groups excluding tert-OH is 1. The summed E-state index contributed by atoms with van der Waals surface area (Å²) in [5, 5.41) is 11.0. The monoisotopic (exact) mass is 431 g/mol. The van der Waals surface area contributed by atoms with Crippen LogP contribution in [0.3, 0.4) is 0 Å². The van der Waals surface area contributed by atoms with Crippen molar-refractivity contribution in [2.24, 2.45) is 0 Å². The maximum Gasteiger partial charge on any atom is 0.257 e. The summed E-state index contributed by atoms with van der Waals surface area (Å²) in [7, 11) is 1.61. The molecule has 0 fully saturated rings. The molecule has 1 unspecified atom stereocenters. The fourth-order valence-electron chi connectivity index (χ4n) is 3.97. The Kier molecular flexibility index (Phi) is 5.33. The Morgan fingerprint density at radius 3 is 2.70 bits per heavy atom. The molecule has 2 aromatic rings. The van der Waals surface area contributed by atoms with Gasteiger partial charge in [0.05, 0.1) is 12.1 Å². The van der Waals surface area contributed by atoms with Crippen LogP contribution in [0.4, 0.5) is 9.39 Å². The van der Waals surface area contributed by atoms with E-state index in [0.29, 0.717) is 30.1 Å². The van der Waals surface area contributed by atoms with Crippen LogP contribution in [0.5, 0.6) is 0 Å². The number of hydrogen-bond donors (Lipinski definition) is 1. The van der Waals surface area contributed by atoms with E-state index in [2.05, 4.69) is 0 Å². The number of amides is 3. The molecular weight excluding hydrogens is 409 g/mol. The number of likely N-dealkylation sites (N-methyl/N-ethyl adjacent to an activating group) is 2. The number of carbonyl (C=O) groups excluding carboxylic acids is 3. The Labute approximate surface area is 177 Å². The van der Waals surface area contributed by atoms with E-state index in [4.69, 9.17) is 0 Å². The average Bonchev–Trinajstić information content (AvgIpc) is 3.07. The first kappa shape index (κ1) is 20.5. The molecule has 3 amide bonds. The van der Waals surface area contributed by atoms with E-state index in [1.165, 1.54) is 39.3 Å². The van der Waals surface area contributed by atoms with Crippen LogP contribution in [0.1, 0.15) is 39.4 Å². The van der Waals surface area contributed by atoms with Gasteiger partial charge in [0.2, 0.25) is 5.91 Å². The Balaban J connectivity index is 1.65. The van der Waals surface area contributed by atoms with E-state index in [9.17, 15) is 23.9 Å². The minimum absolute atomic E-state index is 0.0300. The molecule has 3 heterocycles. The molecule has 30 heavy (non-hydrogen) atoms. The molecule has 1 aromatic carbocycles. The first-order valence-electron chi connectivity index (χ1n) is 9.75. The van der Waals surface area contributed by atoms with Crippen molar-refractivity contribution in [3.63, 3.8) is 0 Å². The van der Waals surface area contributed by atoms with Crippen molar-refractivity contribution in [1.82, 2.24) is 9.80 Å². The number of carbonyl (C=O) groups is 3. The molecule has 2 aliphatic rings. The van der Waals surface area contributed by atoms with E-state index in [1.54, 1.807) is 18.0 Å². The molecule has 0 radical (unpaired) electrons. The fraction of sp³-hybridized carbons (Fsp3) is 0.381. The van der Waals surface area contributed by atoms with Crippen molar-refractivity contribution in [3.8, 4) is 0 Å². The number of aliphatic hydroxyl groups is 1. The lowest BCUT2D eigenvalue weighted by molar-refractivity contribution is -0.141. The lowest BCUT2D eigenvalue weighted by atomic mass is 10.0. The predicted molar refractivity (Wildman–Crippen MR) is 110 cm³/mol. The summed E-state index contributed by atoms with van der Waals surface area (Å²) >= 11 is 1.33. The summed E-state index contributed by atoms with van der Waals surface area (Å²) in [6.45, 7) is 2.84. The van der Waals surface area contributed by atoms with Crippen molar-refractivity contribution in [2.75, 3.05) is 31.6 Å². The van der Waals surface area contributed by atoms with Crippen molar-refractivity contribution < 1.29 is 23.9 Å². The third kappa shape index (κ3) is 3.27. The molecule has 158 valence electrons. The van der Waals surface area contributed by atoms with E-state index in [1.807, 2.05) is 6.92 Å². The van der Waals surface area contributed by atoms with Gasteiger partial charge in [-0.3, -0.25) is 14.4 Å².